The van der Waals surface area contributed by atoms with Crippen LogP contribution in [0.5, 0.6) is 0 Å². The standard InChI is InChI=1S/C16H12N2/c1-2-4-13-11(3-1)5-6-12-7-8-14-16(15(12)13)18-10-9-17-14/h1-4,7-10H,5-6H2. The topological polar surface area (TPSA) is 25.8 Å². The van der Waals surface area contributed by atoms with E-state index in [0.717, 1.165) is 23.9 Å². The Morgan fingerprint density at radius 1 is 0.778 bits per heavy atom. The van der Waals surface area contributed by atoms with E-state index < -0.39 is 0 Å². The van der Waals surface area contributed by atoms with Crippen LogP contribution in [0.25, 0.3) is 22.2 Å². The highest BCUT2D eigenvalue weighted by molar-refractivity contribution is 5.95. The molecule has 2 nitrogen and oxygen atoms in total. The van der Waals surface area contributed by atoms with Gasteiger partial charge in [0.25, 0.3) is 0 Å². The summed E-state index contributed by atoms with van der Waals surface area (Å²) in [5, 5.41) is 0. The van der Waals surface area contributed by atoms with Crippen LogP contribution in [0.4, 0.5) is 0 Å². The zero-order valence-corrected chi connectivity index (χ0v) is 9.93. The Balaban J connectivity index is 2.15. The van der Waals surface area contributed by atoms with Gasteiger partial charge in [0.1, 0.15) is 0 Å². The second-order valence-corrected chi connectivity index (χ2v) is 4.68. The third-order valence-electron chi connectivity index (χ3n) is 3.68. The van der Waals surface area contributed by atoms with Gasteiger partial charge in [0.2, 0.25) is 0 Å². The molecule has 1 heterocycles. The van der Waals surface area contributed by atoms with E-state index in [0.29, 0.717) is 0 Å². The summed E-state index contributed by atoms with van der Waals surface area (Å²) in [6, 6.07) is 12.9. The molecule has 1 aromatic heterocycles. The van der Waals surface area contributed by atoms with Crippen LogP contribution in [-0.4, -0.2) is 9.97 Å². The van der Waals surface area contributed by atoms with Crippen molar-refractivity contribution in [2.75, 3.05) is 0 Å². The number of benzene rings is 2. The van der Waals surface area contributed by atoms with Crippen LogP contribution in [0.2, 0.25) is 0 Å². The molecule has 0 saturated carbocycles. The van der Waals surface area contributed by atoms with Crippen molar-refractivity contribution in [2.45, 2.75) is 12.8 Å². The lowest BCUT2D eigenvalue weighted by molar-refractivity contribution is 0.943. The Hall–Kier alpha value is -2.22. The fourth-order valence-corrected chi connectivity index (χ4v) is 2.84. The molecule has 0 fully saturated rings. The number of nitrogens with zero attached hydrogens (tertiary/aromatic N) is 2. The third-order valence-corrected chi connectivity index (χ3v) is 3.68. The van der Waals surface area contributed by atoms with Crippen molar-refractivity contribution in [2.24, 2.45) is 0 Å². The van der Waals surface area contributed by atoms with Crippen molar-refractivity contribution in [3.8, 4) is 11.1 Å². The van der Waals surface area contributed by atoms with Crippen molar-refractivity contribution >= 4 is 11.0 Å². The van der Waals surface area contributed by atoms with E-state index in [2.05, 4.69) is 46.4 Å². The van der Waals surface area contributed by atoms with Gasteiger partial charge in [0.15, 0.2) is 0 Å². The van der Waals surface area contributed by atoms with Crippen molar-refractivity contribution < 1.29 is 0 Å². The van der Waals surface area contributed by atoms with Crippen LogP contribution in [-0.2, 0) is 12.8 Å². The fourth-order valence-electron chi connectivity index (χ4n) is 2.84. The number of hydrogen-bond acceptors (Lipinski definition) is 2. The molecular formula is C16H12N2. The van der Waals surface area contributed by atoms with Crippen LogP contribution in [0.1, 0.15) is 11.1 Å². The lowest BCUT2D eigenvalue weighted by atomic mass is 9.85. The highest BCUT2D eigenvalue weighted by Gasteiger charge is 2.18. The summed E-state index contributed by atoms with van der Waals surface area (Å²) in [6.45, 7) is 0. The molecule has 2 aromatic carbocycles. The molecule has 0 spiro atoms. The Kier molecular flexibility index (Phi) is 1.97. The first-order valence-electron chi connectivity index (χ1n) is 6.24. The average molecular weight is 232 g/mol. The predicted molar refractivity (Wildman–Crippen MR) is 72.4 cm³/mol. The summed E-state index contributed by atoms with van der Waals surface area (Å²) in [4.78, 5) is 8.93. The molecule has 0 unspecified atom stereocenters. The first kappa shape index (κ1) is 9.77. The summed E-state index contributed by atoms with van der Waals surface area (Å²) < 4.78 is 0. The summed E-state index contributed by atoms with van der Waals surface area (Å²) >= 11 is 0. The zero-order valence-electron chi connectivity index (χ0n) is 9.93. The summed E-state index contributed by atoms with van der Waals surface area (Å²) in [5.74, 6) is 0. The maximum Gasteiger partial charge on any atom is 0.0967 e. The van der Waals surface area contributed by atoms with Crippen molar-refractivity contribution in [1.29, 1.82) is 0 Å². The van der Waals surface area contributed by atoms with Gasteiger partial charge in [0, 0.05) is 18.0 Å². The molecule has 0 amide bonds. The lowest BCUT2D eigenvalue weighted by Gasteiger charge is -2.20. The number of hydrogen-bond donors (Lipinski definition) is 0. The fraction of sp³-hybridized carbons (Fsp3) is 0.125. The van der Waals surface area contributed by atoms with Gasteiger partial charge in [-0.2, -0.15) is 0 Å². The largest absolute Gasteiger partial charge is 0.253 e. The van der Waals surface area contributed by atoms with Crippen molar-refractivity contribution in [3.63, 3.8) is 0 Å². The van der Waals surface area contributed by atoms with Gasteiger partial charge >= 0.3 is 0 Å². The number of aromatic nitrogens is 2. The van der Waals surface area contributed by atoms with Crippen molar-refractivity contribution in [3.05, 3.63) is 59.9 Å². The Morgan fingerprint density at radius 2 is 1.61 bits per heavy atom. The lowest BCUT2D eigenvalue weighted by Crippen LogP contribution is -2.05. The number of fused-ring (bicyclic) bond motifs is 5. The van der Waals surface area contributed by atoms with Crippen LogP contribution in [0.15, 0.2) is 48.8 Å². The number of rotatable bonds is 0. The quantitative estimate of drug-likeness (QED) is 0.593. The maximum atomic E-state index is 4.53. The first-order valence-corrected chi connectivity index (χ1v) is 6.24. The summed E-state index contributed by atoms with van der Waals surface area (Å²) in [5.41, 5.74) is 7.42. The highest BCUT2D eigenvalue weighted by atomic mass is 14.8. The molecule has 0 bridgehead atoms. The molecule has 0 saturated heterocycles. The highest BCUT2D eigenvalue weighted by Crippen LogP contribution is 2.37. The molecule has 18 heavy (non-hydrogen) atoms. The molecule has 0 radical (unpaired) electrons. The average Bonchev–Trinajstić information content (AvgIpc) is 2.46. The van der Waals surface area contributed by atoms with Crippen LogP contribution < -0.4 is 0 Å². The van der Waals surface area contributed by atoms with E-state index in [4.69, 9.17) is 0 Å². The monoisotopic (exact) mass is 232 g/mol. The first-order chi connectivity index (χ1) is 8.93. The SMILES string of the molecule is c1ccc2c(c1)CCc1ccc3nccnc3c1-2. The van der Waals surface area contributed by atoms with Gasteiger partial charge in [-0.1, -0.05) is 30.3 Å². The van der Waals surface area contributed by atoms with Gasteiger partial charge in [-0.3, -0.25) is 9.97 Å². The van der Waals surface area contributed by atoms with E-state index in [1.807, 2.05) is 0 Å². The Morgan fingerprint density at radius 3 is 2.61 bits per heavy atom. The van der Waals surface area contributed by atoms with Crippen LogP contribution in [0, 0.1) is 0 Å². The molecular weight excluding hydrogens is 220 g/mol. The number of aryl methyl sites for hydroxylation is 2. The summed E-state index contributed by atoms with van der Waals surface area (Å²) in [7, 11) is 0. The van der Waals surface area contributed by atoms with E-state index in [-0.39, 0.29) is 0 Å². The Bertz CT molecular complexity index is 747. The second-order valence-electron chi connectivity index (χ2n) is 4.68. The molecule has 0 N–H and O–H groups in total. The smallest absolute Gasteiger partial charge is 0.0967 e. The maximum absolute atomic E-state index is 4.53. The minimum absolute atomic E-state index is 0.980. The van der Waals surface area contributed by atoms with E-state index in [1.54, 1.807) is 12.4 Å². The predicted octanol–water partition coefficient (Wildman–Crippen LogP) is 3.40. The zero-order chi connectivity index (χ0) is 11.9. The van der Waals surface area contributed by atoms with E-state index >= 15 is 0 Å². The molecule has 4 rings (SSSR count). The van der Waals surface area contributed by atoms with Gasteiger partial charge in [-0.15, -0.1) is 0 Å². The van der Waals surface area contributed by atoms with Gasteiger partial charge < -0.3 is 0 Å². The second kappa shape index (κ2) is 3.64. The van der Waals surface area contributed by atoms with Crippen molar-refractivity contribution in [1.82, 2.24) is 9.97 Å². The van der Waals surface area contributed by atoms with E-state index in [9.17, 15) is 0 Å². The molecule has 86 valence electrons. The Labute approximate surface area is 105 Å². The molecule has 1 aliphatic carbocycles. The minimum Gasteiger partial charge on any atom is -0.253 e. The molecule has 1 aliphatic rings. The molecule has 0 atom stereocenters. The normalized spacial score (nSPS) is 13.1. The van der Waals surface area contributed by atoms with Gasteiger partial charge in [0.05, 0.1) is 11.0 Å². The van der Waals surface area contributed by atoms with Gasteiger partial charge in [-0.05, 0) is 35.6 Å². The molecule has 0 aliphatic heterocycles. The van der Waals surface area contributed by atoms with Gasteiger partial charge in [-0.25, -0.2) is 0 Å². The minimum atomic E-state index is 0.980. The summed E-state index contributed by atoms with van der Waals surface area (Å²) in [6.07, 6.45) is 5.75. The third kappa shape index (κ3) is 1.29. The van der Waals surface area contributed by atoms with E-state index in [1.165, 1.54) is 22.3 Å². The van der Waals surface area contributed by atoms with Crippen LogP contribution >= 0.6 is 0 Å². The molecule has 2 heteroatoms. The molecule has 3 aromatic rings. The van der Waals surface area contributed by atoms with Crippen LogP contribution in [0.3, 0.4) is 0 Å².